The zero-order chi connectivity index (χ0) is 23.6. The summed E-state index contributed by atoms with van der Waals surface area (Å²) in [5, 5.41) is 2.89. The number of benzene rings is 1. The molecule has 1 aliphatic rings. The zero-order valence-electron chi connectivity index (χ0n) is 19.9. The molecule has 1 saturated heterocycles. The summed E-state index contributed by atoms with van der Waals surface area (Å²) in [7, 11) is 0. The van der Waals surface area contributed by atoms with Crippen LogP contribution in [0.3, 0.4) is 0 Å². The van der Waals surface area contributed by atoms with Crippen molar-refractivity contribution >= 4 is 17.8 Å². The predicted octanol–water partition coefficient (Wildman–Crippen LogP) is 4.16. The third-order valence-electron chi connectivity index (χ3n) is 5.49. The van der Waals surface area contributed by atoms with Gasteiger partial charge in [0.25, 0.3) is 5.91 Å². The Balaban J connectivity index is 2.32. The minimum absolute atomic E-state index is 0.253. The van der Waals surface area contributed by atoms with Crippen molar-refractivity contribution in [2.75, 3.05) is 6.61 Å². The Hall–Kier alpha value is -2.41. The van der Waals surface area contributed by atoms with Crippen molar-refractivity contribution in [3.63, 3.8) is 0 Å². The highest BCUT2D eigenvalue weighted by molar-refractivity contribution is 5.96. The van der Waals surface area contributed by atoms with Gasteiger partial charge in [-0.2, -0.15) is 0 Å². The smallest absolute Gasteiger partial charge is 0.413 e. The van der Waals surface area contributed by atoms with Crippen LogP contribution >= 0.6 is 0 Å². The first kappa shape index (κ1) is 24.9. The van der Waals surface area contributed by atoms with E-state index in [9.17, 15) is 14.4 Å². The van der Waals surface area contributed by atoms with Gasteiger partial charge < -0.3 is 14.8 Å². The molecule has 1 N–H and O–H groups in total. The molecule has 7 heteroatoms. The Morgan fingerprint density at radius 2 is 1.71 bits per heavy atom. The first-order valence-corrected chi connectivity index (χ1v) is 10.8. The van der Waals surface area contributed by atoms with Crippen LogP contribution in [0.15, 0.2) is 30.3 Å². The molecular weight excluding hydrogens is 396 g/mol. The molecule has 1 aromatic rings. The molecule has 0 bridgehead atoms. The Bertz CT molecular complexity index is 795. The maximum atomic E-state index is 13.3. The van der Waals surface area contributed by atoms with Gasteiger partial charge in [0, 0.05) is 11.0 Å². The maximum Gasteiger partial charge on any atom is 0.413 e. The lowest BCUT2D eigenvalue weighted by molar-refractivity contribution is -0.138. The molecule has 0 radical (unpaired) electrons. The summed E-state index contributed by atoms with van der Waals surface area (Å²) < 4.78 is 11.6. The van der Waals surface area contributed by atoms with Crippen LogP contribution in [0.2, 0.25) is 0 Å². The van der Waals surface area contributed by atoms with Crippen molar-refractivity contribution in [1.29, 1.82) is 0 Å². The topological polar surface area (TPSA) is 84.9 Å². The van der Waals surface area contributed by atoms with Crippen molar-refractivity contribution in [3.05, 3.63) is 35.9 Å². The first-order valence-electron chi connectivity index (χ1n) is 10.8. The minimum atomic E-state index is -1.13. The lowest BCUT2D eigenvalue weighted by Crippen LogP contribution is -2.57. The largest absolute Gasteiger partial charge is 0.436 e. The van der Waals surface area contributed by atoms with Gasteiger partial charge in [-0.25, -0.2) is 4.79 Å². The molecule has 2 atom stereocenters. The van der Waals surface area contributed by atoms with Gasteiger partial charge in [-0.3, -0.25) is 14.5 Å². The summed E-state index contributed by atoms with van der Waals surface area (Å²) in [5.41, 5.74) is -1.75. The van der Waals surface area contributed by atoms with Crippen LogP contribution < -0.4 is 5.32 Å². The number of carbonyl (C=O) groups is 3. The molecular formula is C24H36N2O5. The Morgan fingerprint density at radius 1 is 1.13 bits per heavy atom. The second-order valence-electron chi connectivity index (χ2n) is 10.2. The van der Waals surface area contributed by atoms with E-state index >= 15 is 0 Å². The number of hydrogen-bond donors (Lipinski definition) is 1. The standard InChI is InChI=1S/C24H36N2O5/c1-9-17(25-20(28)16-13-11-10-12-14-16)18(19(27)22(2,3)4)31-21(29)26-23(5,6)15-30-24(26,7)8/h10-14,17-18H,9,15H2,1-8H3,(H,25,28)/t17-,18+/m1/s1. The Morgan fingerprint density at radius 3 is 2.16 bits per heavy atom. The fourth-order valence-electron chi connectivity index (χ4n) is 3.82. The van der Waals surface area contributed by atoms with Gasteiger partial charge in [0.1, 0.15) is 5.72 Å². The molecule has 31 heavy (non-hydrogen) atoms. The monoisotopic (exact) mass is 432 g/mol. The van der Waals surface area contributed by atoms with E-state index in [1.165, 1.54) is 4.90 Å². The van der Waals surface area contributed by atoms with Crippen LogP contribution in [-0.2, 0) is 14.3 Å². The van der Waals surface area contributed by atoms with E-state index in [-0.39, 0.29) is 11.7 Å². The van der Waals surface area contributed by atoms with E-state index in [0.717, 1.165) is 0 Å². The second-order valence-corrected chi connectivity index (χ2v) is 10.2. The Kier molecular flexibility index (Phi) is 7.21. The number of amides is 2. The number of ketones is 1. The number of rotatable bonds is 6. The maximum absolute atomic E-state index is 13.3. The van der Waals surface area contributed by atoms with E-state index in [1.54, 1.807) is 58.9 Å². The summed E-state index contributed by atoms with van der Waals surface area (Å²) in [6.45, 7) is 14.9. The molecule has 7 nitrogen and oxygen atoms in total. The lowest BCUT2D eigenvalue weighted by Gasteiger charge is -2.39. The van der Waals surface area contributed by atoms with Crippen molar-refractivity contribution in [1.82, 2.24) is 10.2 Å². The summed E-state index contributed by atoms with van der Waals surface area (Å²) >= 11 is 0. The fourth-order valence-corrected chi connectivity index (χ4v) is 3.82. The van der Waals surface area contributed by atoms with E-state index in [1.807, 2.05) is 26.8 Å². The van der Waals surface area contributed by atoms with Crippen LogP contribution in [0.25, 0.3) is 0 Å². The second kappa shape index (κ2) is 8.99. The van der Waals surface area contributed by atoms with E-state index in [4.69, 9.17) is 9.47 Å². The van der Waals surface area contributed by atoms with Crippen molar-refractivity contribution in [2.45, 2.75) is 85.2 Å². The number of carbonyl (C=O) groups excluding carboxylic acids is 3. The minimum Gasteiger partial charge on any atom is -0.436 e. The predicted molar refractivity (Wildman–Crippen MR) is 119 cm³/mol. The molecule has 0 unspecified atom stereocenters. The van der Waals surface area contributed by atoms with E-state index < -0.39 is 34.9 Å². The lowest BCUT2D eigenvalue weighted by atomic mass is 9.84. The molecule has 172 valence electrons. The van der Waals surface area contributed by atoms with Gasteiger partial charge in [0.05, 0.1) is 18.2 Å². The fraction of sp³-hybridized carbons (Fsp3) is 0.625. The first-order chi connectivity index (χ1) is 14.2. The van der Waals surface area contributed by atoms with Gasteiger partial charge in [-0.15, -0.1) is 0 Å². The third-order valence-corrected chi connectivity index (χ3v) is 5.49. The van der Waals surface area contributed by atoms with Crippen LogP contribution in [-0.4, -0.2) is 52.7 Å². The molecule has 1 aromatic carbocycles. The third kappa shape index (κ3) is 5.64. The van der Waals surface area contributed by atoms with Crippen LogP contribution in [0, 0.1) is 5.41 Å². The molecule has 0 saturated carbocycles. The van der Waals surface area contributed by atoms with Crippen molar-refractivity contribution in [2.24, 2.45) is 5.41 Å². The molecule has 1 aliphatic heterocycles. The molecule has 2 rings (SSSR count). The van der Waals surface area contributed by atoms with Crippen LogP contribution in [0.1, 0.15) is 72.2 Å². The highest BCUT2D eigenvalue weighted by Gasteiger charge is 2.51. The molecule has 0 aliphatic carbocycles. The average molecular weight is 433 g/mol. The number of ether oxygens (including phenoxy) is 2. The Labute approximate surface area is 185 Å². The highest BCUT2D eigenvalue weighted by atomic mass is 16.6. The normalized spacial score (nSPS) is 19.4. The van der Waals surface area contributed by atoms with Crippen molar-refractivity contribution < 1.29 is 23.9 Å². The van der Waals surface area contributed by atoms with Gasteiger partial charge in [0.15, 0.2) is 11.9 Å². The molecule has 0 aromatic heterocycles. The SMILES string of the molecule is CC[C@@H](NC(=O)c1ccccc1)[C@H](OC(=O)N1C(C)(C)COC1(C)C)C(=O)C(C)(C)C. The van der Waals surface area contributed by atoms with Crippen molar-refractivity contribution in [3.8, 4) is 0 Å². The van der Waals surface area contributed by atoms with Gasteiger partial charge in [-0.05, 0) is 46.2 Å². The number of Topliss-reactive ketones (excluding diaryl/α,β-unsaturated/α-hetero) is 1. The highest BCUT2D eigenvalue weighted by Crippen LogP contribution is 2.36. The summed E-state index contributed by atoms with van der Waals surface area (Å²) in [6.07, 6.45) is -1.35. The molecule has 1 heterocycles. The number of nitrogens with zero attached hydrogens (tertiary/aromatic N) is 1. The van der Waals surface area contributed by atoms with E-state index in [0.29, 0.717) is 18.6 Å². The van der Waals surface area contributed by atoms with Gasteiger partial charge in [-0.1, -0.05) is 45.9 Å². The summed E-state index contributed by atoms with van der Waals surface area (Å²) in [4.78, 5) is 40.8. The molecule has 0 spiro atoms. The van der Waals surface area contributed by atoms with Gasteiger partial charge >= 0.3 is 6.09 Å². The number of hydrogen-bond acceptors (Lipinski definition) is 5. The number of nitrogens with one attached hydrogen (secondary N) is 1. The summed E-state index contributed by atoms with van der Waals surface area (Å²) in [5.74, 6) is -0.572. The zero-order valence-corrected chi connectivity index (χ0v) is 19.9. The molecule has 2 amide bonds. The van der Waals surface area contributed by atoms with Gasteiger partial charge in [0.2, 0.25) is 0 Å². The van der Waals surface area contributed by atoms with Crippen LogP contribution in [0.4, 0.5) is 4.79 Å². The summed E-state index contributed by atoms with van der Waals surface area (Å²) in [6, 6.07) is 8.08. The molecule has 1 fully saturated rings. The van der Waals surface area contributed by atoms with Crippen LogP contribution in [0.5, 0.6) is 0 Å². The quantitative estimate of drug-likeness (QED) is 0.729. The average Bonchev–Trinajstić information content (AvgIpc) is 2.91. The van der Waals surface area contributed by atoms with E-state index in [2.05, 4.69) is 5.32 Å².